The lowest BCUT2D eigenvalue weighted by atomic mass is 10.0. The van der Waals surface area contributed by atoms with Crippen molar-refractivity contribution in [1.82, 2.24) is 14.6 Å². The van der Waals surface area contributed by atoms with E-state index in [-0.39, 0.29) is 24.4 Å². The molecule has 1 aliphatic heterocycles. The molecule has 1 aromatic carbocycles. The van der Waals surface area contributed by atoms with Gasteiger partial charge in [-0.05, 0) is 17.7 Å². The standard InChI is InChI=1S/C17H18FN3O3S/c18-17(16(22)20-11-14-5-2-1-3-6-14)8-10-21(13-17)25(23,24)15-7-4-9-19-12-15/h1-7,9,12H,8,10-11,13H2,(H,20,22). The van der Waals surface area contributed by atoms with Crippen molar-refractivity contribution in [2.75, 3.05) is 13.1 Å². The zero-order chi connectivity index (χ0) is 17.9. The van der Waals surface area contributed by atoms with Crippen molar-refractivity contribution in [2.24, 2.45) is 0 Å². The van der Waals surface area contributed by atoms with E-state index in [4.69, 9.17) is 0 Å². The molecule has 1 N–H and O–H groups in total. The van der Waals surface area contributed by atoms with Crippen molar-refractivity contribution < 1.29 is 17.6 Å². The van der Waals surface area contributed by atoms with Crippen molar-refractivity contribution in [1.29, 1.82) is 0 Å². The first-order valence-corrected chi connectivity index (χ1v) is 9.27. The van der Waals surface area contributed by atoms with Crippen molar-refractivity contribution in [3.8, 4) is 0 Å². The molecule has 0 spiro atoms. The average molecular weight is 363 g/mol. The second-order valence-electron chi connectivity index (χ2n) is 5.91. The van der Waals surface area contributed by atoms with E-state index >= 15 is 0 Å². The minimum atomic E-state index is -3.86. The summed E-state index contributed by atoms with van der Waals surface area (Å²) in [5.41, 5.74) is -1.39. The summed E-state index contributed by atoms with van der Waals surface area (Å²) >= 11 is 0. The summed E-state index contributed by atoms with van der Waals surface area (Å²) in [7, 11) is -3.86. The fourth-order valence-electron chi connectivity index (χ4n) is 2.72. The van der Waals surface area contributed by atoms with Gasteiger partial charge in [-0.1, -0.05) is 30.3 Å². The molecule has 25 heavy (non-hydrogen) atoms. The normalized spacial score (nSPS) is 21.2. The summed E-state index contributed by atoms with van der Waals surface area (Å²) in [6.07, 6.45) is 2.50. The van der Waals surface area contributed by atoms with Gasteiger partial charge >= 0.3 is 0 Å². The molecule has 0 radical (unpaired) electrons. The predicted octanol–water partition coefficient (Wildman–Crippen LogP) is 1.50. The summed E-state index contributed by atoms with van der Waals surface area (Å²) in [6.45, 7) is -0.349. The Bertz CT molecular complexity index is 846. The molecule has 1 saturated heterocycles. The highest BCUT2D eigenvalue weighted by Crippen LogP contribution is 2.30. The van der Waals surface area contributed by atoms with Crippen LogP contribution in [0.4, 0.5) is 4.39 Å². The lowest BCUT2D eigenvalue weighted by Gasteiger charge is -2.20. The summed E-state index contributed by atoms with van der Waals surface area (Å²) < 4.78 is 41.0. The quantitative estimate of drug-likeness (QED) is 0.873. The van der Waals surface area contributed by atoms with Crippen LogP contribution in [0.5, 0.6) is 0 Å². The number of halogens is 1. The smallest absolute Gasteiger partial charge is 0.259 e. The highest BCUT2D eigenvalue weighted by molar-refractivity contribution is 7.89. The maximum atomic E-state index is 15.0. The van der Waals surface area contributed by atoms with E-state index in [1.54, 1.807) is 0 Å². The Morgan fingerprint density at radius 3 is 2.68 bits per heavy atom. The van der Waals surface area contributed by atoms with Crippen LogP contribution in [0.25, 0.3) is 0 Å². The van der Waals surface area contributed by atoms with Gasteiger partial charge in [-0.25, -0.2) is 12.8 Å². The first-order chi connectivity index (χ1) is 11.9. The number of amides is 1. The largest absolute Gasteiger partial charge is 0.349 e. The number of rotatable bonds is 5. The minimum Gasteiger partial charge on any atom is -0.349 e. The van der Waals surface area contributed by atoms with Crippen molar-refractivity contribution in [3.63, 3.8) is 0 Å². The van der Waals surface area contributed by atoms with Gasteiger partial charge in [-0.2, -0.15) is 4.31 Å². The average Bonchev–Trinajstić information content (AvgIpc) is 3.06. The van der Waals surface area contributed by atoms with Gasteiger partial charge in [0.25, 0.3) is 5.91 Å². The van der Waals surface area contributed by atoms with Gasteiger partial charge in [0.15, 0.2) is 0 Å². The molecular formula is C17H18FN3O3S. The molecule has 1 fully saturated rings. The van der Waals surface area contributed by atoms with Crippen LogP contribution < -0.4 is 5.32 Å². The lowest BCUT2D eigenvalue weighted by Crippen LogP contribution is -2.45. The number of hydrogen-bond donors (Lipinski definition) is 1. The summed E-state index contributed by atoms with van der Waals surface area (Å²) in [5.74, 6) is -0.791. The lowest BCUT2D eigenvalue weighted by molar-refractivity contribution is -0.132. The molecule has 3 rings (SSSR count). The predicted molar refractivity (Wildman–Crippen MR) is 89.7 cm³/mol. The van der Waals surface area contributed by atoms with E-state index in [1.807, 2.05) is 30.3 Å². The van der Waals surface area contributed by atoms with Crippen molar-refractivity contribution in [2.45, 2.75) is 23.5 Å². The number of hydrogen-bond acceptors (Lipinski definition) is 4. The van der Waals surface area contributed by atoms with Crippen LogP contribution in [0, 0.1) is 0 Å². The number of carbonyl (C=O) groups excluding carboxylic acids is 1. The van der Waals surface area contributed by atoms with Crippen LogP contribution in [0.15, 0.2) is 59.8 Å². The van der Waals surface area contributed by atoms with Crippen LogP contribution in [0.3, 0.4) is 0 Å². The molecule has 1 unspecified atom stereocenters. The maximum absolute atomic E-state index is 15.0. The van der Waals surface area contributed by atoms with Crippen molar-refractivity contribution in [3.05, 3.63) is 60.4 Å². The van der Waals surface area contributed by atoms with Gasteiger partial charge < -0.3 is 5.32 Å². The number of nitrogens with one attached hydrogen (secondary N) is 1. The minimum absolute atomic E-state index is 0.0102. The van der Waals surface area contributed by atoms with E-state index in [9.17, 15) is 17.6 Å². The fourth-order valence-corrected chi connectivity index (χ4v) is 4.16. The zero-order valence-electron chi connectivity index (χ0n) is 13.4. The molecule has 8 heteroatoms. The third-order valence-corrected chi connectivity index (χ3v) is 5.99. The Balaban J connectivity index is 1.67. The SMILES string of the molecule is O=C(NCc1ccccc1)C1(F)CCN(S(=O)(=O)c2cccnc2)C1. The number of aromatic nitrogens is 1. The molecule has 0 saturated carbocycles. The summed E-state index contributed by atoms with van der Waals surface area (Å²) in [4.78, 5) is 16.0. The van der Waals surface area contributed by atoms with E-state index in [1.165, 1.54) is 24.5 Å². The number of alkyl halides is 1. The monoisotopic (exact) mass is 363 g/mol. The van der Waals surface area contributed by atoms with E-state index in [2.05, 4.69) is 10.3 Å². The summed E-state index contributed by atoms with van der Waals surface area (Å²) in [6, 6.07) is 12.0. The highest BCUT2D eigenvalue weighted by Gasteiger charge is 2.48. The van der Waals surface area contributed by atoms with Gasteiger partial charge in [-0.3, -0.25) is 9.78 Å². The Hall–Kier alpha value is -2.32. The Morgan fingerprint density at radius 2 is 2.00 bits per heavy atom. The van der Waals surface area contributed by atoms with Crippen LogP contribution >= 0.6 is 0 Å². The summed E-state index contributed by atoms with van der Waals surface area (Å²) in [5, 5.41) is 2.55. The second-order valence-corrected chi connectivity index (χ2v) is 7.85. The van der Waals surface area contributed by atoms with E-state index in [0.717, 1.165) is 9.87 Å². The fraction of sp³-hybridized carbons (Fsp3) is 0.294. The first kappa shape index (κ1) is 17.5. The maximum Gasteiger partial charge on any atom is 0.259 e. The highest BCUT2D eigenvalue weighted by atomic mass is 32.2. The Labute approximate surface area is 145 Å². The molecule has 2 aromatic rings. The molecule has 6 nitrogen and oxygen atoms in total. The van der Waals surface area contributed by atoms with Gasteiger partial charge in [0.2, 0.25) is 15.7 Å². The van der Waals surface area contributed by atoms with Gasteiger partial charge in [0.05, 0.1) is 6.54 Å². The number of sulfonamides is 1. The zero-order valence-corrected chi connectivity index (χ0v) is 14.2. The van der Waals surface area contributed by atoms with Crippen LogP contribution in [-0.4, -0.2) is 42.4 Å². The molecule has 2 heterocycles. The van der Waals surface area contributed by atoms with Gasteiger partial charge in [0.1, 0.15) is 4.90 Å². The van der Waals surface area contributed by atoms with Gasteiger partial charge in [0, 0.05) is 31.9 Å². The van der Waals surface area contributed by atoms with Crippen LogP contribution in [0.2, 0.25) is 0 Å². The molecular weight excluding hydrogens is 345 g/mol. The van der Waals surface area contributed by atoms with Crippen LogP contribution in [0.1, 0.15) is 12.0 Å². The number of benzene rings is 1. The molecule has 132 valence electrons. The van der Waals surface area contributed by atoms with E-state index < -0.39 is 28.1 Å². The molecule has 1 atom stereocenters. The number of nitrogens with zero attached hydrogens (tertiary/aromatic N) is 2. The molecule has 1 aliphatic rings. The second kappa shape index (κ2) is 6.89. The molecule has 0 bridgehead atoms. The van der Waals surface area contributed by atoms with Crippen molar-refractivity contribution >= 4 is 15.9 Å². The number of carbonyl (C=O) groups is 1. The Kier molecular flexibility index (Phi) is 4.82. The first-order valence-electron chi connectivity index (χ1n) is 7.83. The van der Waals surface area contributed by atoms with E-state index in [0.29, 0.717) is 0 Å². The molecule has 1 amide bonds. The third-order valence-electron chi connectivity index (χ3n) is 4.16. The number of pyridine rings is 1. The molecule has 1 aromatic heterocycles. The van der Waals surface area contributed by atoms with Crippen LogP contribution in [-0.2, 0) is 21.4 Å². The Morgan fingerprint density at radius 1 is 1.24 bits per heavy atom. The molecule has 0 aliphatic carbocycles. The third kappa shape index (κ3) is 3.69. The van der Waals surface area contributed by atoms with Gasteiger partial charge in [-0.15, -0.1) is 0 Å². The topological polar surface area (TPSA) is 79.4 Å².